The fourth-order valence-electron chi connectivity index (χ4n) is 18.1. The number of hydrogen-bond donors (Lipinski definition) is 0. The SMILES string of the molecule is ClP1(OC2CCC(C3CCCCC3)CC2)=NP(OC2CCC(C3CCCCC3)CC2)(OC2CCC(C3CCCCC3)CC2)=NP(OC2CCC(C3CCCCC3)CC2)(OC2CCC(C3CCCCC3)CC2)=N1. The normalized spacial score (nSPS) is 43.3. The van der Waals surface area contributed by atoms with Gasteiger partial charge in [0.2, 0.25) is 0 Å². The highest BCUT2D eigenvalue weighted by Crippen LogP contribution is 2.84. The molecule has 0 N–H and O–H groups in total. The Kier molecular flexibility index (Phi) is 20.0. The molecule has 0 amide bonds. The second-order valence-electron chi connectivity index (χ2n) is 26.9. The molecule has 10 fully saturated rings. The van der Waals surface area contributed by atoms with Crippen molar-refractivity contribution in [2.75, 3.05) is 0 Å². The van der Waals surface area contributed by atoms with E-state index in [0.717, 1.165) is 123 Å². The second-order valence-corrected chi connectivity index (χ2v) is 34.4. The Bertz CT molecular complexity index is 1650. The van der Waals surface area contributed by atoms with Crippen molar-refractivity contribution in [1.82, 2.24) is 0 Å². The average Bonchev–Trinajstić information content (AvgIpc) is 3.43. The van der Waals surface area contributed by atoms with E-state index in [2.05, 4.69) is 0 Å². The molecule has 0 aromatic carbocycles. The lowest BCUT2D eigenvalue weighted by Crippen LogP contribution is -2.30. The molecule has 1 atom stereocenters. The molecule has 10 saturated carbocycles. The van der Waals surface area contributed by atoms with E-state index >= 15 is 0 Å². The minimum absolute atomic E-state index is 0.0267. The fourth-order valence-corrected chi connectivity index (χ4v) is 29.5. The van der Waals surface area contributed by atoms with Gasteiger partial charge in [-0.15, -0.1) is 4.52 Å². The van der Waals surface area contributed by atoms with Crippen LogP contribution in [0.15, 0.2) is 13.5 Å². The van der Waals surface area contributed by atoms with Crippen molar-refractivity contribution in [3.05, 3.63) is 0 Å². The fraction of sp³-hybridized carbons (Fsp3) is 1.00. The molecule has 0 bridgehead atoms. The summed E-state index contributed by atoms with van der Waals surface area (Å²) in [6.45, 7) is -3.41. The van der Waals surface area contributed by atoms with Gasteiger partial charge in [-0.1, -0.05) is 161 Å². The molecule has 0 saturated heterocycles. The molecule has 0 radical (unpaired) electrons. The molecule has 11 rings (SSSR count). The standard InChI is InChI=1S/C60H105ClN3O5P3/c61-70(65-56-36-26-51(27-37-56)46-16-6-1-7-17-46)62-71(66-57-38-28-52(29-39-57)47-18-8-2-9-19-47,67-58-40-30-53(31-41-58)48-20-10-3-11-21-48)64-72(63-70,68-59-42-32-54(33-43-59)49-22-12-4-13-23-49)69-60-44-34-55(35-45-60)50-24-14-5-15-25-50/h46-60H,1-45H2. The lowest BCUT2D eigenvalue weighted by atomic mass is 9.73. The Morgan fingerprint density at radius 2 is 0.403 bits per heavy atom. The van der Waals surface area contributed by atoms with Crippen molar-refractivity contribution in [2.45, 2.75) is 319 Å². The predicted molar refractivity (Wildman–Crippen MR) is 301 cm³/mol. The van der Waals surface area contributed by atoms with Gasteiger partial charge >= 0.3 is 22.1 Å². The van der Waals surface area contributed by atoms with Crippen molar-refractivity contribution in [3.63, 3.8) is 0 Å². The number of nitrogens with zero attached hydrogens (tertiary/aromatic N) is 3. The summed E-state index contributed by atoms with van der Waals surface area (Å²) in [5.41, 5.74) is 0. The van der Waals surface area contributed by atoms with Gasteiger partial charge in [0.05, 0.1) is 30.5 Å². The average molecular weight is 1080 g/mol. The Labute approximate surface area is 445 Å². The van der Waals surface area contributed by atoms with Gasteiger partial charge in [-0.3, -0.25) is 0 Å². The Hall–Kier alpha value is 0.780. The first-order valence-corrected chi connectivity index (χ1v) is 38.0. The predicted octanol–water partition coefficient (Wildman–Crippen LogP) is 21.9. The van der Waals surface area contributed by atoms with Crippen LogP contribution in [-0.2, 0) is 22.6 Å². The number of halogens is 1. The summed E-state index contributed by atoms with van der Waals surface area (Å²) in [5, 5.41) is 0. The summed E-state index contributed by atoms with van der Waals surface area (Å²) < 4.78 is 55.8. The highest BCUT2D eigenvalue weighted by molar-refractivity contribution is 7.94. The lowest BCUT2D eigenvalue weighted by molar-refractivity contribution is 0.0546. The van der Waals surface area contributed by atoms with E-state index in [4.69, 9.17) is 47.4 Å². The molecule has 1 unspecified atom stereocenters. The molecule has 72 heavy (non-hydrogen) atoms. The maximum Gasteiger partial charge on any atom is 0.348 e. The van der Waals surface area contributed by atoms with Gasteiger partial charge in [-0.2, -0.15) is 9.03 Å². The van der Waals surface area contributed by atoms with Crippen LogP contribution in [0.4, 0.5) is 0 Å². The van der Waals surface area contributed by atoms with E-state index in [-0.39, 0.29) is 30.5 Å². The Morgan fingerprint density at radius 3 is 0.639 bits per heavy atom. The molecule has 0 spiro atoms. The van der Waals surface area contributed by atoms with E-state index in [0.29, 0.717) is 0 Å². The molecule has 11 aliphatic rings. The van der Waals surface area contributed by atoms with Gasteiger partial charge in [0, 0.05) is 0 Å². The summed E-state index contributed by atoms with van der Waals surface area (Å²) in [6, 6.07) is 0. The van der Waals surface area contributed by atoms with Crippen LogP contribution in [0.3, 0.4) is 0 Å². The van der Waals surface area contributed by atoms with Gasteiger partial charge in [-0.25, -0.2) is 0 Å². The van der Waals surface area contributed by atoms with Gasteiger partial charge in [0.15, 0.2) is 0 Å². The van der Waals surface area contributed by atoms with Crippen LogP contribution < -0.4 is 0 Å². The zero-order valence-corrected chi connectivity index (χ0v) is 49.0. The molecule has 0 aromatic heterocycles. The van der Waals surface area contributed by atoms with E-state index in [1.54, 1.807) is 0 Å². The Morgan fingerprint density at radius 1 is 0.208 bits per heavy atom. The maximum absolute atomic E-state index is 8.26. The van der Waals surface area contributed by atoms with Crippen molar-refractivity contribution in [1.29, 1.82) is 0 Å². The van der Waals surface area contributed by atoms with Crippen LogP contribution in [-0.4, -0.2) is 30.5 Å². The third-order valence-corrected chi connectivity index (χ3v) is 32.0. The number of rotatable bonds is 15. The smallest absolute Gasteiger partial charge is 0.312 e. The summed E-state index contributed by atoms with van der Waals surface area (Å²) in [5.74, 6) is 8.45. The largest absolute Gasteiger partial charge is 0.348 e. The highest BCUT2D eigenvalue weighted by Gasteiger charge is 2.49. The van der Waals surface area contributed by atoms with Crippen molar-refractivity contribution < 1.29 is 22.6 Å². The first-order chi connectivity index (χ1) is 35.3. The molecule has 412 valence electrons. The third-order valence-electron chi connectivity index (χ3n) is 22.3. The van der Waals surface area contributed by atoms with Gasteiger partial charge < -0.3 is 22.6 Å². The maximum atomic E-state index is 8.26. The molecule has 10 aliphatic carbocycles. The van der Waals surface area contributed by atoms with Crippen molar-refractivity contribution in [3.8, 4) is 0 Å². The summed E-state index contributed by atoms with van der Waals surface area (Å²) >= 11 is 8.26. The molecule has 12 heteroatoms. The Balaban J connectivity index is 0.921. The first-order valence-electron chi connectivity index (χ1n) is 32.4. The van der Waals surface area contributed by atoms with Crippen LogP contribution in [0.2, 0.25) is 0 Å². The first kappa shape index (κ1) is 54.7. The number of hydrogen-bond acceptors (Lipinski definition) is 8. The zero-order chi connectivity index (χ0) is 48.6. The van der Waals surface area contributed by atoms with Crippen molar-refractivity contribution in [2.24, 2.45) is 72.7 Å². The van der Waals surface area contributed by atoms with Crippen LogP contribution in [0.5, 0.6) is 0 Å². The molecule has 1 heterocycles. The van der Waals surface area contributed by atoms with E-state index in [1.165, 1.54) is 225 Å². The van der Waals surface area contributed by atoms with E-state index < -0.39 is 22.1 Å². The molecule has 0 aromatic rings. The van der Waals surface area contributed by atoms with Crippen molar-refractivity contribution >= 4 is 33.3 Å². The van der Waals surface area contributed by atoms with Crippen LogP contribution in [0.1, 0.15) is 289 Å². The van der Waals surface area contributed by atoms with Gasteiger partial charge in [-0.05, 0) is 199 Å². The van der Waals surface area contributed by atoms with E-state index in [1.807, 2.05) is 0 Å². The quantitative estimate of drug-likeness (QED) is 0.153. The molecule has 1 aliphatic heterocycles. The van der Waals surface area contributed by atoms with Crippen LogP contribution >= 0.6 is 33.3 Å². The lowest BCUT2D eigenvalue weighted by Gasteiger charge is -2.43. The zero-order valence-electron chi connectivity index (χ0n) is 45.6. The topological polar surface area (TPSA) is 83.2 Å². The van der Waals surface area contributed by atoms with Crippen LogP contribution in [0.25, 0.3) is 0 Å². The molecular weight excluding hydrogens is 971 g/mol. The van der Waals surface area contributed by atoms with E-state index in [9.17, 15) is 0 Å². The van der Waals surface area contributed by atoms with Crippen LogP contribution in [0, 0.1) is 59.2 Å². The summed E-state index contributed by atoms with van der Waals surface area (Å²) in [4.78, 5) is 0. The highest BCUT2D eigenvalue weighted by atomic mass is 35.7. The minimum atomic E-state index is -3.43. The minimum Gasteiger partial charge on any atom is -0.312 e. The second kappa shape index (κ2) is 26.4. The summed E-state index contributed by atoms with van der Waals surface area (Å²) in [6.07, 6.45) is 58.3. The monoisotopic (exact) mass is 1080 g/mol. The van der Waals surface area contributed by atoms with Gasteiger partial charge in [0.25, 0.3) is 0 Å². The summed E-state index contributed by atoms with van der Waals surface area (Å²) in [7, 11) is -6.86. The third kappa shape index (κ3) is 14.6. The van der Waals surface area contributed by atoms with Gasteiger partial charge in [0.1, 0.15) is 0 Å². The molecular formula is C60H105ClN3O5P3. The molecule has 8 nitrogen and oxygen atoms in total.